The fraction of sp³-hybridized carbons (Fsp3) is 0.600. The second kappa shape index (κ2) is 5.23. The van der Waals surface area contributed by atoms with Gasteiger partial charge in [-0.1, -0.05) is 0 Å². The first kappa shape index (κ1) is 15.5. The maximum Gasteiger partial charge on any atom is 0.392 e. The lowest BCUT2D eigenvalue weighted by molar-refractivity contribution is -0.177. The van der Waals surface area contributed by atoms with Crippen molar-refractivity contribution in [3.05, 3.63) is 11.3 Å². The lowest BCUT2D eigenvalue weighted by atomic mass is 9.87. The van der Waals surface area contributed by atoms with Gasteiger partial charge in [0.05, 0.1) is 5.92 Å². The van der Waals surface area contributed by atoms with Gasteiger partial charge in [0.15, 0.2) is 11.4 Å². The van der Waals surface area contributed by atoms with Crippen molar-refractivity contribution in [1.82, 2.24) is 9.97 Å². The maximum absolute atomic E-state index is 13.1. The number of anilines is 2. The van der Waals surface area contributed by atoms with Crippen molar-refractivity contribution in [1.29, 1.82) is 0 Å². The van der Waals surface area contributed by atoms with Gasteiger partial charge in [-0.05, 0) is 19.3 Å². The van der Waals surface area contributed by atoms with Crippen molar-refractivity contribution >= 4 is 22.9 Å². The minimum Gasteiger partial charge on any atom is -0.455 e. The van der Waals surface area contributed by atoms with E-state index in [1.54, 1.807) is 0 Å². The van der Waals surface area contributed by atoms with Crippen molar-refractivity contribution in [2.24, 2.45) is 11.7 Å². The maximum atomic E-state index is 13.1. The number of nitrogens with two attached hydrogens (primary N) is 2. The topological polar surface area (TPSA) is 94.2 Å². The molecule has 1 aliphatic heterocycles. The van der Waals surface area contributed by atoms with Gasteiger partial charge in [-0.2, -0.15) is 18.2 Å². The number of hydrogen-bond donors (Lipinski definition) is 2. The van der Waals surface area contributed by atoms with E-state index in [-0.39, 0.29) is 31.3 Å². The molecule has 1 saturated heterocycles. The highest BCUT2D eigenvalue weighted by atomic mass is 19.4. The van der Waals surface area contributed by atoms with Crippen LogP contribution in [0.2, 0.25) is 0 Å². The molecule has 0 spiro atoms. The monoisotopic (exact) mass is 341 g/mol. The Balaban J connectivity index is 1.80. The van der Waals surface area contributed by atoms with E-state index in [0.717, 1.165) is 6.42 Å². The van der Waals surface area contributed by atoms with Gasteiger partial charge >= 0.3 is 6.18 Å². The number of furan rings is 1. The Kier molecular flexibility index (Phi) is 3.38. The number of nitrogens with zero attached hydrogens (tertiary/aromatic N) is 3. The minimum atomic E-state index is -4.22. The Morgan fingerprint density at radius 2 is 2.00 bits per heavy atom. The van der Waals surface area contributed by atoms with Crippen LogP contribution in [0.3, 0.4) is 0 Å². The Morgan fingerprint density at radius 1 is 1.21 bits per heavy atom. The molecule has 6 nitrogen and oxygen atoms in total. The van der Waals surface area contributed by atoms with Gasteiger partial charge in [0, 0.05) is 31.1 Å². The fourth-order valence-electron chi connectivity index (χ4n) is 3.61. The van der Waals surface area contributed by atoms with Crippen LogP contribution >= 0.6 is 0 Å². The lowest BCUT2D eigenvalue weighted by Gasteiger charge is -2.23. The van der Waals surface area contributed by atoms with E-state index < -0.39 is 12.1 Å². The van der Waals surface area contributed by atoms with E-state index in [0.29, 0.717) is 41.3 Å². The van der Waals surface area contributed by atoms with Gasteiger partial charge in [-0.15, -0.1) is 0 Å². The lowest BCUT2D eigenvalue weighted by Crippen LogP contribution is -2.28. The standard InChI is InChI=1S/C15H18F3N5O/c16-15(17,18)7-1-2-10-9(5-7)11-12(24-10)13(22-14(20)21-11)23-4-3-8(19)6-23/h7-8H,1-6,19H2,(H2,20,21,22)/t7?,8-/m0/s1. The number of nitrogen functional groups attached to an aromatic ring is 1. The number of aromatic nitrogens is 2. The van der Waals surface area contributed by atoms with Crippen LogP contribution < -0.4 is 16.4 Å². The van der Waals surface area contributed by atoms with Crippen LogP contribution in [0.4, 0.5) is 24.9 Å². The molecule has 130 valence electrons. The number of rotatable bonds is 1. The summed E-state index contributed by atoms with van der Waals surface area (Å²) in [4.78, 5) is 10.4. The summed E-state index contributed by atoms with van der Waals surface area (Å²) < 4.78 is 45.1. The highest BCUT2D eigenvalue weighted by Gasteiger charge is 2.43. The molecule has 2 aromatic rings. The molecule has 4 rings (SSSR count). The van der Waals surface area contributed by atoms with Crippen LogP contribution in [-0.4, -0.2) is 35.3 Å². The predicted molar refractivity (Wildman–Crippen MR) is 82.6 cm³/mol. The molecule has 2 aliphatic rings. The fourth-order valence-corrected chi connectivity index (χ4v) is 3.61. The van der Waals surface area contributed by atoms with Gasteiger partial charge in [0.1, 0.15) is 11.3 Å². The summed E-state index contributed by atoms with van der Waals surface area (Å²) in [5.74, 6) is -0.236. The van der Waals surface area contributed by atoms with Crippen LogP contribution in [0.25, 0.3) is 11.1 Å². The van der Waals surface area contributed by atoms with Gasteiger partial charge in [0.25, 0.3) is 0 Å². The smallest absolute Gasteiger partial charge is 0.392 e. The molecule has 2 aromatic heterocycles. The van der Waals surface area contributed by atoms with E-state index >= 15 is 0 Å². The SMILES string of the molecule is Nc1nc(N2CC[C@H](N)C2)c2oc3c(c2n1)CC(C(F)(F)F)CC3. The summed E-state index contributed by atoms with van der Waals surface area (Å²) in [5.41, 5.74) is 13.1. The molecule has 2 atom stereocenters. The molecule has 0 saturated carbocycles. The molecule has 0 bridgehead atoms. The van der Waals surface area contributed by atoms with Gasteiger partial charge in [-0.25, -0.2) is 4.98 Å². The summed E-state index contributed by atoms with van der Waals surface area (Å²) in [6.45, 7) is 1.32. The molecule has 1 fully saturated rings. The number of hydrogen-bond acceptors (Lipinski definition) is 6. The van der Waals surface area contributed by atoms with E-state index in [9.17, 15) is 13.2 Å². The first-order valence-electron chi connectivity index (χ1n) is 7.98. The largest absolute Gasteiger partial charge is 0.455 e. The Hall–Kier alpha value is -2.03. The molecular weight excluding hydrogens is 323 g/mol. The molecular formula is C15H18F3N5O. The summed E-state index contributed by atoms with van der Waals surface area (Å²) in [6.07, 6.45) is -3.24. The van der Waals surface area contributed by atoms with Crippen LogP contribution in [0.1, 0.15) is 24.2 Å². The molecule has 0 radical (unpaired) electrons. The zero-order chi connectivity index (χ0) is 17.1. The first-order chi connectivity index (χ1) is 11.3. The third-order valence-corrected chi connectivity index (χ3v) is 4.87. The Bertz CT molecular complexity index is 787. The zero-order valence-electron chi connectivity index (χ0n) is 12.9. The van der Waals surface area contributed by atoms with E-state index in [4.69, 9.17) is 15.9 Å². The third kappa shape index (κ3) is 2.47. The third-order valence-electron chi connectivity index (χ3n) is 4.87. The van der Waals surface area contributed by atoms with Crippen molar-refractivity contribution in [3.63, 3.8) is 0 Å². The summed E-state index contributed by atoms with van der Waals surface area (Å²) in [5, 5.41) is 0. The van der Waals surface area contributed by atoms with Crippen LogP contribution in [0.15, 0.2) is 4.42 Å². The molecule has 0 amide bonds. The molecule has 0 aromatic carbocycles. The zero-order valence-corrected chi connectivity index (χ0v) is 12.9. The van der Waals surface area contributed by atoms with Crippen molar-refractivity contribution < 1.29 is 17.6 Å². The Labute approximate surface area is 136 Å². The van der Waals surface area contributed by atoms with Crippen molar-refractivity contribution in [3.8, 4) is 0 Å². The molecule has 3 heterocycles. The van der Waals surface area contributed by atoms with Crippen molar-refractivity contribution in [2.45, 2.75) is 37.9 Å². The number of fused-ring (bicyclic) bond motifs is 3. The van der Waals surface area contributed by atoms with Gasteiger partial charge in [0.2, 0.25) is 5.95 Å². The number of aryl methyl sites for hydroxylation is 1. The average molecular weight is 341 g/mol. The highest BCUT2D eigenvalue weighted by Crippen LogP contribution is 2.42. The average Bonchev–Trinajstić information content (AvgIpc) is 3.09. The quantitative estimate of drug-likeness (QED) is 0.824. The second-order valence-corrected chi connectivity index (χ2v) is 6.56. The molecule has 9 heteroatoms. The van der Waals surface area contributed by atoms with E-state index in [1.165, 1.54) is 0 Å². The summed E-state index contributed by atoms with van der Waals surface area (Å²) in [7, 11) is 0. The molecule has 4 N–H and O–H groups in total. The normalized spacial score (nSPS) is 24.6. The molecule has 1 aliphatic carbocycles. The van der Waals surface area contributed by atoms with Crippen LogP contribution in [0, 0.1) is 5.92 Å². The summed E-state index contributed by atoms with van der Waals surface area (Å²) in [6, 6.07) is 0.0374. The number of halogens is 3. The van der Waals surface area contributed by atoms with E-state index in [1.807, 2.05) is 4.90 Å². The summed E-state index contributed by atoms with van der Waals surface area (Å²) >= 11 is 0. The van der Waals surface area contributed by atoms with Crippen LogP contribution in [-0.2, 0) is 12.8 Å². The predicted octanol–water partition coefficient (Wildman–Crippen LogP) is 2.01. The first-order valence-corrected chi connectivity index (χ1v) is 7.98. The minimum absolute atomic E-state index is 0.0309. The molecule has 24 heavy (non-hydrogen) atoms. The highest BCUT2D eigenvalue weighted by molar-refractivity contribution is 5.89. The van der Waals surface area contributed by atoms with Gasteiger partial charge in [-0.3, -0.25) is 0 Å². The van der Waals surface area contributed by atoms with Crippen LogP contribution in [0.5, 0.6) is 0 Å². The Morgan fingerprint density at radius 3 is 2.67 bits per heavy atom. The van der Waals surface area contributed by atoms with Gasteiger partial charge < -0.3 is 20.8 Å². The van der Waals surface area contributed by atoms with E-state index in [2.05, 4.69) is 9.97 Å². The number of alkyl halides is 3. The molecule has 1 unspecified atom stereocenters. The van der Waals surface area contributed by atoms with Crippen molar-refractivity contribution in [2.75, 3.05) is 23.7 Å². The second-order valence-electron chi connectivity index (χ2n) is 6.56.